The molecule has 0 saturated carbocycles. The quantitative estimate of drug-likeness (QED) is 0.698. The fourth-order valence-corrected chi connectivity index (χ4v) is 3.96. The second-order valence-corrected chi connectivity index (χ2v) is 8.20. The third kappa shape index (κ3) is 5.56. The van der Waals surface area contributed by atoms with Crippen molar-refractivity contribution in [3.05, 3.63) is 59.9 Å². The van der Waals surface area contributed by atoms with Crippen LogP contribution in [-0.4, -0.2) is 68.4 Å². The molecular formula is C24H27FN4O5. The first-order valence-electron chi connectivity index (χ1n) is 11.1. The Morgan fingerprint density at radius 3 is 2.53 bits per heavy atom. The fourth-order valence-electron chi connectivity index (χ4n) is 3.96. The van der Waals surface area contributed by atoms with Crippen LogP contribution in [0.25, 0.3) is 0 Å². The number of nitrogens with zero attached hydrogens (tertiary/aromatic N) is 3. The molecule has 34 heavy (non-hydrogen) atoms. The molecule has 0 aromatic heterocycles. The highest BCUT2D eigenvalue weighted by Crippen LogP contribution is 2.28. The summed E-state index contributed by atoms with van der Waals surface area (Å²) in [4.78, 5) is 40.4. The Labute approximate surface area is 197 Å². The Balaban J connectivity index is 1.30. The molecule has 2 saturated heterocycles. The van der Waals surface area contributed by atoms with Gasteiger partial charge in [0.05, 0.1) is 24.5 Å². The fraction of sp³-hybridized carbons (Fsp3) is 0.375. The number of cyclic esters (lactones) is 1. The number of halogens is 1. The minimum Gasteiger partial charge on any atom is -0.445 e. The first kappa shape index (κ1) is 23.3. The van der Waals surface area contributed by atoms with E-state index in [0.29, 0.717) is 37.6 Å². The highest BCUT2D eigenvalue weighted by Gasteiger charge is 2.33. The maximum atomic E-state index is 14.9. The van der Waals surface area contributed by atoms with Crippen molar-refractivity contribution in [1.82, 2.24) is 10.2 Å². The van der Waals surface area contributed by atoms with Crippen molar-refractivity contribution in [2.75, 3.05) is 49.1 Å². The van der Waals surface area contributed by atoms with E-state index in [1.807, 2.05) is 35.2 Å². The highest BCUT2D eigenvalue weighted by atomic mass is 19.1. The zero-order chi connectivity index (χ0) is 24.1. The highest BCUT2D eigenvalue weighted by molar-refractivity contribution is 5.90. The second-order valence-electron chi connectivity index (χ2n) is 8.20. The van der Waals surface area contributed by atoms with Crippen LogP contribution in [0.2, 0.25) is 0 Å². The predicted octanol–water partition coefficient (Wildman–Crippen LogP) is 2.75. The predicted molar refractivity (Wildman–Crippen MR) is 123 cm³/mol. The van der Waals surface area contributed by atoms with Crippen LogP contribution in [0.5, 0.6) is 0 Å². The van der Waals surface area contributed by atoms with E-state index >= 15 is 0 Å². The van der Waals surface area contributed by atoms with E-state index in [1.54, 1.807) is 17.0 Å². The summed E-state index contributed by atoms with van der Waals surface area (Å²) < 4.78 is 25.6. The van der Waals surface area contributed by atoms with Gasteiger partial charge in [-0.15, -0.1) is 0 Å². The normalized spacial score (nSPS) is 18.0. The number of benzene rings is 2. The number of hydrogen-bond donors (Lipinski definition) is 1. The maximum Gasteiger partial charge on any atom is 0.414 e. The van der Waals surface area contributed by atoms with Crippen LogP contribution in [0.1, 0.15) is 12.5 Å². The number of amides is 3. The van der Waals surface area contributed by atoms with Crippen molar-refractivity contribution in [2.45, 2.75) is 19.6 Å². The van der Waals surface area contributed by atoms with Crippen molar-refractivity contribution >= 4 is 29.5 Å². The first-order valence-corrected chi connectivity index (χ1v) is 11.1. The van der Waals surface area contributed by atoms with E-state index < -0.39 is 18.0 Å². The van der Waals surface area contributed by atoms with E-state index in [0.717, 1.165) is 5.56 Å². The van der Waals surface area contributed by atoms with Crippen molar-refractivity contribution in [1.29, 1.82) is 0 Å². The van der Waals surface area contributed by atoms with Crippen molar-refractivity contribution in [3.63, 3.8) is 0 Å². The van der Waals surface area contributed by atoms with Gasteiger partial charge in [0.2, 0.25) is 5.91 Å². The number of piperazine rings is 1. The third-order valence-corrected chi connectivity index (χ3v) is 5.78. The number of hydrogen-bond acceptors (Lipinski definition) is 6. The minimum absolute atomic E-state index is 0.205. The van der Waals surface area contributed by atoms with Crippen molar-refractivity contribution < 1.29 is 28.2 Å². The molecular weight excluding hydrogens is 443 g/mol. The smallest absolute Gasteiger partial charge is 0.414 e. The molecule has 2 fully saturated rings. The van der Waals surface area contributed by atoms with E-state index in [4.69, 9.17) is 9.47 Å². The van der Waals surface area contributed by atoms with Gasteiger partial charge in [0, 0.05) is 33.1 Å². The lowest BCUT2D eigenvalue weighted by Crippen LogP contribution is -2.49. The van der Waals surface area contributed by atoms with E-state index in [9.17, 15) is 18.8 Å². The molecule has 2 aliphatic heterocycles. The summed E-state index contributed by atoms with van der Waals surface area (Å²) in [6, 6.07) is 14.1. The van der Waals surface area contributed by atoms with Crippen LogP contribution in [0.4, 0.5) is 25.4 Å². The Morgan fingerprint density at radius 2 is 1.85 bits per heavy atom. The second kappa shape index (κ2) is 10.4. The van der Waals surface area contributed by atoms with Gasteiger partial charge in [-0.2, -0.15) is 0 Å². The Bertz CT molecular complexity index is 1040. The number of carbonyl (C=O) groups excluding carboxylic acids is 3. The van der Waals surface area contributed by atoms with Gasteiger partial charge in [-0.3, -0.25) is 9.69 Å². The third-order valence-electron chi connectivity index (χ3n) is 5.78. The molecule has 10 heteroatoms. The van der Waals surface area contributed by atoms with Gasteiger partial charge in [-0.25, -0.2) is 14.0 Å². The number of nitrogens with one attached hydrogen (secondary N) is 1. The van der Waals surface area contributed by atoms with Crippen LogP contribution in [0.15, 0.2) is 48.5 Å². The van der Waals surface area contributed by atoms with Crippen LogP contribution in [-0.2, 0) is 20.9 Å². The van der Waals surface area contributed by atoms with Gasteiger partial charge < -0.3 is 24.6 Å². The molecule has 0 spiro atoms. The molecule has 2 aliphatic rings. The van der Waals surface area contributed by atoms with E-state index in [2.05, 4.69) is 5.32 Å². The van der Waals surface area contributed by atoms with Crippen LogP contribution >= 0.6 is 0 Å². The first-order chi connectivity index (χ1) is 16.4. The molecule has 1 unspecified atom stereocenters. The van der Waals surface area contributed by atoms with Gasteiger partial charge in [0.1, 0.15) is 18.5 Å². The lowest BCUT2D eigenvalue weighted by molar-refractivity contribution is -0.119. The van der Waals surface area contributed by atoms with E-state index in [-0.39, 0.29) is 31.7 Å². The molecule has 1 atom stereocenters. The molecule has 0 aliphatic carbocycles. The van der Waals surface area contributed by atoms with Crippen LogP contribution in [0.3, 0.4) is 0 Å². The Kier molecular flexibility index (Phi) is 7.15. The largest absolute Gasteiger partial charge is 0.445 e. The summed E-state index contributed by atoms with van der Waals surface area (Å²) >= 11 is 0. The van der Waals surface area contributed by atoms with E-state index in [1.165, 1.54) is 17.9 Å². The van der Waals surface area contributed by atoms with Gasteiger partial charge in [0.25, 0.3) is 0 Å². The van der Waals surface area contributed by atoms with Gasteiger partial charge >= 0.3 is 12.2 Å². The molecule has 0 radical (unpaired) electrons. The summed E-state index contributed by atoms with van der Waals surface area (Å²) in [5.41, 5.74) is 1.71. The van der Waals surface area contributed by atoms with Crippen LogP contribution < -0.4 is 15.1 Å². The molecule has 1 N–H and O–H groups in total. The maximum absolute atomic E-state index is 14.9. The molecule has 2 heterocycles. The number of rotatable bonds is 6. The Hall–Kier alpha value is -3.82. The SMILES string of the molecule is CC(=O)NCC1CN(c2ccc(N3CCN(C(=O)OCc4ccccc4)CC3)c(F)c2)C(=O)O1. The van der Waals surface area contributed by atoms with Crippen molar-refractivity contribution in [2.24, 2.45) is 0 Å². The van der Waals surface area contributed by atoms with Crippen molar-refractivity contribution in [3.8, 4) is 0 Å². The van der Waals surface area contributed by atoms with Gasteiger partial charge in [0.15, 0.2) is 0 Å². The minimum atomic E-state index is -0.579. The average Bonchev–Trinajstić information content (AvgIpc) is 3.22. The lowest BCUT2D eigenvalue weighted by atomic mass is 10.2. The average molecular weight is 471 g/mol. The lowest BCUT2D eigenvalue weighted by Gasteiger charge is -2.35. The summed E-state index contributed by atoms with van der Waals surface area (Å²) in [5.74, 6) is -0.676. The van der Waals surface area contributed by atoms with Gasteiger partial charge in [-0.05, 0) is 23.8 Å². The number of carbonyl (C=O) groups is 3. The summed E-state index contributed by atoms with van der Waals surface area (Å²) in [6.45, 7) is 3.77. The summed E-state index contributed by atoms with van der Waals surface area (Å²) in [6.07, 6.45) is -1.46. The number of ether oxygens (including phenoxy) is 2. The van der Waals surface area contributed by atoms with Crippen LogP contribution in [0, 0.1) is 5.82 Å². The summed E-state index contributed by atoms with van der Waals surface area (Å²) in [7, 11) is 0. The molecule has 9 nitrogen and oxygen atoms in total. The van der Waals surface area contributed by atoms with Gasteiger partial charge in [-0.1, -0.05) is 30.3 Å². The molecule has 4 rings (SSSR count). The Morgan fingerprint density at radius 1 is 1.12 bits per heavy atom. The molecule has 0 bridgehead atoms. The molecule has 180 valence electrons. The topological polar surface area (TPSA) is 91.4 Å². The zero-order valence-electron chi connectivity index (χ0n) is 18.9. The molecule has 2 aromatic carbocycles. The number of anilines is 2. The monoisotopic (exact) mass is 470 g/mol. The zero-order valence-corrected chi connectivity index (χ0v) is 18.9. The molecule has 3 amide bonds. The molecule has 2 aromatic rings. The standard InChI is InChI=1S/C24H27FN4O5/c1-17(30)26-14-20-15-29(24(32)34-20)19-7-8-22(21(25)13-19)27-9-11-28(12-10-27)23(31)33-16-18-5-3-2-4-6-18/h2-8,13,20H,9-12,14-16H2,1H3,(H,26,30). The summed E-state index contributed by atoms with van der Waals surface area (Å²) in [5, 5.41) is 2.61.